The zero-order chi connectivity index (χ0) is 16.2. The molecule has 0 saturated carbocycles. The summed E-state index contributed by atoms with van der Waals surface area (Å²) in [7, 11) is 0. The minimum absolute atomic E-state index is 0.160. The zero-order valence-corrected chi connectivity index (χ0v) is 13.2. The van der Waals surface area contributed by atoms with Gasteiger partial charge in [-0.05, 0) is 31.5 Å². The number of urea groups is 1. The summed E-state index contributed by atoms with van der Waals surface area (Å²) in [6.07, 6.45) is 3.41. The van der Waals surface area contributed by atoms with Crippen LogP contribution in [0.2, 0.25) is 0 Å². The van der Waals surface area contributed by atoms with Gasteiger partial charge < -0.3 is 20.1 Å². The van der Waals surface area contributed by atoms with Crippen LogP contribution in [-0.4, -0.2) is 29.0 Å². The van der Waals surface area contributed by atoms with E-state index in [9.17, 15) is 4.79 Å². The van der Waals surface area contributed by atoms with Crippen molar-refractivity contribution >= 4 is 11.7 Å². The van der Waals surface area contributed by atoms with Crippen molar-refractivity contribution in [2.75, 3.05) is 18.5 Å². The molecule has 0 saturated heterocycles. The van der Waals surface area contributed by atoms with Crippen LogP contribution in [0.4, 0.5) is 10.5 Å². The Kier molecular flexibility index (Phi) is 4.36. The van der Waals surface area contributed by atoms with Crippen molar-refractivity contribution in [3.05, 3.63) is 36.2 Å². The molecule has 0 spiro atoms. The number of amides is 2. The van der Waals surface area contributed by atoms with E-state index in [2.05, 4.69) is 15.7 Å². The number of carbonyl (C=O) groups is 1. The van der Waals surface area contributed by atoms with Crippen LogP contribution in [0.3, 0.4) is 0 Å². The van der Waals surface area contributed by atoms with Gasteiger partial charge in [-0.15, -0.1) is 0 Å². The van der Waals surface area contributed by atoms with Crippen LogP contribution in [0.5, 0.6) is 11.5 Å². The quantitative estimate of drug-likeness (QED) is 0.909. The number of ether oxygens (including phenoxy) is 2. The molecule has 2 N–H and O–H groups in total. The van der Waals surface area contributed by atoms with Crippen molar-refractivity contribution < 1.29 is 14.3 Å². The highest BCUT2D eigenvalue weighted by atomic mass is 16.6. The van der Waals surface area contributed by atoms with Gasteiger partial charge in [0, 0.05) is 12.7 Å². The molecule has 7 heteroatoms. The molecule has 0 fully saturated rings. The van der Waals surface area contributed by atoms with Crippen molar-refractivity contribution in [2.45, 2.75) is 26.4 Å². The molecule has 0 bridgehead atoms. The summed E-state index contributed by atoms with van der Waals surface area (Å²) in [4.78, 5) is 12.1. The lowest BCUT2D eigenvalue weighted by molar-refractivity contribution is 0.171. The SMILES string of the molecule is CCn1cc(NC(=O)N[C@@H](C)c2ccc3c(c2)OCCO3)cn1. The minimum atomic E-state index is -0.275. The predicted octanol–water partition coefficient (Wildman–Crippen LogP) is 2.56. The Morgan fingerprint density at radius 3 is 2.87 bits per heavy atom. The third-order valence-corrected chi connectivity index (χ3v) is 3.63. The Morgan fingerprint density at radius 1 is 1.35 bits per heavy atom. The van der Waals surface area contributed by atoms with Crippen molar-refractivity contribution in [3.8, 4) is 11.5 Å². The van der Waals surface area contributed by atoms with Crippen molar-refractivity contribution in [2.24, 2.45) is 0 Å². The molecule has 1 aromatic heterocycles. The van der Waals surface area contributed by atoms with E-state index in [4.69, 9.17) is 9.47 Å². The van der Waals surface area contributed by atoms with Crippen LogP contribution in [0, 0.1) is 0 Å². The van der Waals surface area contributed by atoms with Gasteiger partial charge >= 0.3 is 6.03 Å². The third-order valence-electron chi connectivity index (χ3n) is 3.63. The van der Waals surface area contributed by atoms with E-state index >= 15 is 0 Å². The number of hydrogen-bond acceptors (Lipinski definition) is 4. The lowest BCUT2D eigenvalue weighted by Crippen LogP contribution is -2.31. The molecule has 3 rings (SSSR count). The minimum Gasteiger partial charge on any atom is -0.486 e. The third kappa shape index (κ3) is 3.56. The number of aromatic nitrogens is 2. The number of rotatable bonds is 4. The molecule has 1 aliphatic heterocycles. The largest absolute Gasteiger partial charge is 0.486 e. The van der Waals surface area contributed by atoms with Gasteiger partial charge in [-0.2, -0.15) is 5.10 Å². The maximum atomic E-state index is 12.1. The molecule has 122 valence electrons. The molecule has 0 aliphatic carbocycles. The van der Waals surface area contributed by atoms with E-state index in [0.29, 0.717) is 24.7 Å². The van der Waals surface area contributed by atoms with Gasteiger partial charge in [0.25, 0.3) is 0 Å². The van der Waals surface area contributed by atoms with E-state index in [1.165, 1.54) is 0 Å². The number of nitrogens with zero attached hydrogens (tertiary/aromatic N) is 2. The van der Waals surface area contributed by atoms with Crippen LogP contribution in [0.15, 0.2) is 30.6 Å². The summed E-state index contributed by atoms with van der Waals surface area (Å²) in [6, 6.07) is 5.25. The highest BCUT2D eigenvalue weighted by molar-refractivity contribution is 5.89. The number of anilines is 1. The zero-order valence-electron chi connectivity index (χ0n) is 13.2. The lowest BCUT2D eigenvalue weighted by Gasteiger charge is -2.21. The van der Waals surface area contributed by atoms with Crippen LogP contribution >= 0.6 is 0 Å². The van der Waals surface area contributed by atoms with E-state index in [1.54, 1.807) is 17.1 Å². The normalized spacial score (nSPS) is 14.2. The Labute approximate surface area is 134 Å². The molecule has 2 heterocycles. The van der Waals surface area contributed by atoms with Gasteiger partial charge in [0.05, 0.1) is 17.9 Å². The molecule has 1 aliphatic rings. The molecule has 7 nitrogen and oxygen atoms in total. The Bertz CT molecular complexity index is 698. The maximum absolute atomic E-state index is 12.1. The molecule has 23 heavy (non-hydrogen) atoms. The van der Waals surface area contributed by atoms with Crippen LogP contribution in [0.25, 0.3) is 0 Å². The first kappa shape index (κ1) is 15.2. The average Bonchev–Trinajstić information content (AvgIpc) is 3.01. The van der Waals surface area contributed by atoms with Crippen molar-refractivity contribution in [1.82, 2.24) is 15.1 Å². The second-order valence-electron chi connectivity index (χ2n) is 5.31. The van der Waals surface area contributed by atoms with E-state index < -0.39 is 0 Å². The van der Waals surface area contributed by atoms with Gasteiger partial charge in [-0.3, -0.25) is 4.68 Å². The van der Waals surface area contributed by atoms with Gasteiger partial charge in [-0.25, -0.2) is 4.79 Å². The summed E-state index contributed by atoms with van der Waals surface area (Å²) in [5, 5.41) is 9.78. The molecule has 2 amide bonds. The van der Waals surface area contributed by atoms with E-state index in [1.807, 2.05) is 32.0 Å². The van der Waals surface area contributed by atoms with Crippen molar-refractivity contribution in [3.63, 3.8) is 0 Å². The summed E-state index contributed by atoms with van der Waals surface area (Å²) >= 11 is 0. The first-order valence-corrected chi connectivity index (χ1v) is 7.65. The van der Waals surface area contributed by atoms with E-state index in [0.717, 1.165) is 17.9 Å². The summed E-state index contributed by atoms with van der Waals surface area (Å²) in [5.74, 6) is 1.45. The van der Waals surface area contributed by atoms with Crippen LogP contribution in [-0.2, 0) is 6.54 Å². The first-order chi connectivity index (χ1) is 11.2. The fraction of sp³-hybridized carbons (Fsp3) is 0.375. The second-order valence-corrected chi connectivity index (χ2v) is 5.31. The Morgan fingerprint density at radius 2 is 2.13 bits per heavy atom. The Balaban J connectivity index is 1.61. The lowest BCUT2D eigenvalue weighted by atomic mass is 10.1. The molecule has 0 unspecified atom stereocenters. The van der Waals surface area contributed by atoms with Gasteiger partial charge in [0.2, 0.25) is 0 Å². The standard InChI is InChI=1S/C16H20N4O3/c1-3-20-10-13(9-17-20)19-16(21)18-11(2)12-4-5-14-15(8-12)23-7-6-22-14/h4-5,8-11H,3,6-7H2,1-2H3,(H2,18,19,21)/t11-/m0/s1. The van der Waals surface area contributed by atoms with Gasteiger partial charge in [-0.1, -0.05) is 6.07 Å². The van der Waals surface area contributed by atoms with Crippen LogP contribution in [0.1, 0.15) is 25.5 Å². The fourth-order valence-electron chi connectivity index (χ4n) is 2.38. The highest BCUT2D eigenvalue weighted by Gasteiger charge is 2.16. The maximum Gasteiger partial charge on any atom is 0.319 e. The second kappa shape index (κ2) is 6.60. The topological polar surface area (TPSA) is 77.4 Å². The number of hydrogen-bond donors (Lipinski definition) is 2. The fourth-order valence-corrected chi connectivity index (χ4v) is 2.38. The number of carbonyl (C=O) groups excluding carboxylic acids is 1. The summed E-state index contributed by atoms with van der Waals surface area (Å²) in [5.41, 5.74) is 1.62. The summed E-state index contributed by atoms with van der Waals surface area (Å²) in [6.45, 7) is 5.77. The molecule has 1 atom stereocenters. The number of nitrogens with one attached hydrogen (secondary N) is 2. The first-order valence-electron chi connectivity index (χ1n) is 7.65. The molecular formula is C16H20N4O3. The van der Waals surface area contributed by atoms with Gasteiger partial charge in [0.15, 0.2) is 11.5 Å². The number of fused-ring (bicyclic) bond motifs is 1. The summed E-state index contributed by atoms with van der Waals surface area (Å²) < 4.78 is 12.8. The smallest absolute Gasteiger partial charge is 0.319 e. The average molecular weight is 316 g/mol. The molecule has 0 radical (unpaired) electrons. The molecule has 1 aromatic carbocycles. The van der Waals surface area contributed by atoms with Gasteiger partial charge in [0.1, 0.15) is 13.2 Å². The Hall–Kier alpha value is -2.70. The highest BCUT2D eigenvalue weighted by Crippen LogP contribution is 2.32. The number of aryl methyl sites for hydroxylation is 1. The van der Waals surface area contributed by atoms with Crippen molar-refractivity contribution in [1.29, 1.82) is 0 Å². The number of benzene rings is 1. The van der Waals surface area contributed by atoms with Crippen LogP contribution < -0.4 is 20.1 Å². The van der Waals surface area contributed by atoms with E-state index in [-0.39, 0.29) is 12.1 Å². The molecular weight excluding hydrogens is 296 g/mol. The monoisotopic (exact) mass is 316 g/mol. The molecule has 2 aromatic rings. The predicted molar refractivity (Wildman–Crippen MR) is 85.9 cm³/mol.